The first-order valence-corrected chi connectivity index (χ1v) is 13.1. The van der Waals surface area contributed by atoms with E-state index >= 15 is 0 Å². The number of benzene rings is 3. The average molecular weight is 509 g/mol. The lowest BCUT2D eigenvalue weighted by Gasteiger charge is -2.33. The zero-order chi connectivity index (χ0) is 25.9. The summed E-state index contributed by atoms with van der Waals surface area (Å²) in [4.78, 5) is 26.5. The molecule has 0 spiro atoms. The van der Waals surface area contributed by atoms with Crippen LogP contribution in [0.25, 0.3) is 10.8 Å². The topological polar surface area (TPSA) is 154 Å². The van der Waals surface area contributed by atoms with Crippen molar-refractivity contribution >= 4 is 38.5 Å². The summed E-state index contributed by atoms with van der Waals surface area (Å²) >= 11 is 0. The summed E-state index contributed by atoms with van der Waals surface area (Å²) in [5.74, 6) is -1.97. The number of hydrogen-bond donors (Lipinski definition) is 4. The van der Waals surface area contributed by atoms with Gasteiger partial charge in [-0.3, -0.25) is 15.0 Å². The molecule has 5 N–H and O–H groups in total. The molecule has 1 amide bonds. The van der Waals surface area contributed by atoms with E-state index < -0.39 is 33.9 Å². The molecule has 188 valence electrons. The van der Waals surface area contributed by atoms with E-state index in [9.17, 15) is 23.1 Å². The van der Waals surface area contributed by atoms with Gasteiger partial charge in [0.1, 0.15) is 11.9 Å². The van der Waals surface area contributed by atoms with Crippen molar-refractivity contribution in [2.75, 3.05) is 13.1 Å². The van der Waals surface area contributed by atoms with Crippen molar-refractivity contribution in [2.45, 2.75) is 30.2 Å². The highest BCUT2D eigenvalue weighted by Crippen LogP contribution is 2.24. The molecule has 1 atom stereocenters. The van der Waals surface area contributed by atoms with Crippen LogP contribution in [0.1, 0.15) is 24.0 Å². The smallest absolute Gasteiger partial charge is 0.306 e. The van der Waals surface area contributed by atoms with Gasteiger partial charge in [0.25, 0.3) is 0 Å². The molecule has 0 aromatic heterocycles. The minimum atomic E-state index is -4.10. The van der Waals surface area contributed by atoms with E-state index in [2.05, 4.69) is 4.72 Å². The van der Waals surface area contributed by atoms with Gasteiger partial charge in [-0.1, -0.05) is 54.6 Å². The molecule has 1 saturated heterocycles. The van der Waals surface area contributed by atoms with Gasteiger partial charge < -0.3 is 15.7 Å². The zero-order valence-electron chi connectivity index (χ0n) is 19.6. The van der Waals surface area contributed by atoms with Crippen LogP contribution in [0.15, 0.2) is 71.6 Å². The van der Waals surface area contributed by atoms with Crippen LogP contribution in [0.2, 0.25) is 0 Å². The fourth-order valence-corrected chi connectivity index (χ4v) is 5.95. The Labute approximate surface area is 209 Å². The largest absolute Gasteiger partial charge is 0.481 e. The van der Waals surface area contributed by atoms with Crippen LogP contribution in [0, 0.1) is 11.3 Å². The number of carboxylic acids is 1. The highest BCUT2D eigenvalue weighted by Gasteiger charge is 2.33. The molecule has 1 aliphatic rings. The maximum atomic E-state index is 13.6. The molecule has 0 aliphatic carbocycles. The van der Waals surface area contributed by atoms with Crippen LogP contribution < -0.4 is 10.5 Å². The van der Waals surface area contributed by atoms with Gasteiger partial charge in [0.05, 0.1) is 10.8 Å². The summed E-state index contributed by atoms with van der Waals surface area (Å²) < 4.78 is 29.7. The van der Waals surface area contributed by atoms with Crippen LogP contribution >= 0.6 is 0 Å². The number of hydrogen-bond acceptors (Lipinski definition) is 5. The Morgan fingerprint density at radius 3 is 2.42 bits per heavy atom. The Kier molecular flexibility index (Phi) is 7.37. The van der Waals surface area contributed by atoms with Crippen LogP contribution in [-0.2, 0) is 26.0 Å². The summed E-state index contributed by atoms with van der Waals surface area (Å²) in [7, 11) is -4.10. The van der Waals surface area contributed by atoms with Crippen LogP contribution in [0.4, 0.5) is 0 Å². The van der Waals surface area contributed by atoms with Gasteiger partial charge in [-0.05, 0) is 42.3 Å². The average Bonchev–Trinajstić information content (AvgIpc) is 2.87. The number of likely N-dealkylation sites (tertiary alicyclic amines) is 1. The number of nitrogens with one attached hydrogen (secondary N) is 2. The molecule has 0 bridgehead atoms. The van der Waals surface area contributed by atoms with Crippen molar-refractivity contribution in [2.24, 2.45) is 11.7 Å². The summed E-state index contributed by atoms with van der Waals surface area (Å²) in [6.07, 6.45) is 0.663. The molecule has 1 aliphatic heterocycles. The second kappa shape index (κ2) is 10.5. The fraction of sp³-hybridized carbons (Fsp3) is 0.269. The Bertz CT molecular complexity index is 1410. The van der Waals surface area contributed by atoms with Crippen molar-refractivity contribution in [3.05, 3.63) is 77.9 Å². The minimum absolute atomic E-state index is 0.0445. The van der Waals surface area contributed by atoms with E-state index in [0.29, 0.717) is 29.4 Å². The molecule has 36 heavy (non-hydrogen) atoms. The summed E-state index contributed by atoms with van der Waals surface area (Å²) in [5, 5.41) is 18.3. The number of piperidine rings is 1. The Balaban J connectivity index is 1.65. The summed E-state index contributed by atoms with van der Waals surface area (Å²) in [6, 6.07) is 17.7. The normalized spacial score (nSPS) is 15.5. The van der Waals surface area contributed by atoms with E-state index in [1.807, 2.05) is 18.2 Å². The molecular formula is C26H28N4O5S. The number of nitrogens with two attached hydrogens (primary N) is 1. The summed E-state index contributed by atoms with van der Waals surface area (Å²) in [6.45, 7) is 0.464. The van der Waals surface area contributed by atoms with Crippen molar-refractivity contribution in [3.63, 3.8) is 0 Å². The van der Waals surface area contributed by atoms with E-state index in [1.54, 1.807) is 42.5 Å². The molecule has 1 heterocycles. The van der Waals surface area contributed by atoms with E-state index in [4.69, 9.17) is 11.1 Å². The van der Waals surface area contributed by atoms with Gasteiger partial charge in [-0.15, -0.1) is 0 Å². The number of nitrogen functional groups attached to an aromatic ring is 1. The third-order valence-electron chi connectivity index (χ3n) is 6.47. The second-order valence-electron chi connectivity index (χ2n) is 8.91. The van der Waals surface area contributed by atoms with Gasteiger partial charge in [0.2, 0.25) is 15.9 Å². The number of aliphatic carboxylic acids is 1. The quantitative estimate of drug-likeness (QED) is 0.271. The molecule has 9 nitrogen and oxygen atoms in total. The van der Waals surface area contributed by atoms with Crippen molar-refractivity contribution < 1.29 is 23.1 Å². The monoisotopic (exact) mass is 508 g/mol. The van der Waals surface area contributed by atoms with Crippen molar-refractivity contribution in [3.8, 4) is 0 Å². The standard InChI is InChI=1S/C26H28N4O5S/c27-24(28)20-8-3-5-17(15-20)16-22(25(31)30-13-11-19(12-14-30)26(32)33)29-36(34,35)23-10-4-7-18-6-1-2-9-21(18)23/h1-10,15,19,22,29H,11-14,16H2,(H3,27,28)(H,32,33)/t22-/m0/s1. The Morgan fingerprint density at radius 2 is 1.72 bits per heavy atom. The first-order chi connectivity index (χ1) is 17.2. The van der Waals surface area contributed by atoms with Crippen LogP contribution in [0.3, 0.4) is 0 Å². The number of sulfonamides is 1. The molecule has 4 rings (SSSR count). The van der Waals surface area contributed by atoms with Gasteiger partial charge in [-0.25, -0.2) is 8.42 Å². The molecule has 0 unspecified atom stereocenters. The van der Waals surface area contributed by atoms with Gasteiger partial charge >= 0.3 is 5.97 Å². The number of carbonyl (C=O) groups is 2. The SMILES string of the molecule is N=C(N)c1cccc(C[C@H](NS(=O)(=O)c2cccc3ccccc23)C(=O)N2CCC(C(=O)O)CC2)c1. The fourth-order valence-electron chi connectivity index (χ4n) is 4.53. The lowest BCUT2D eigenvalue weighted by Crippen LogP contribution is -2.52. The Morgan fingerprint density at radius 1 is 1.06 bits per heavy atom. The van der Waals surface area contributed by atoms with Gasteiger partial charge in [0, 0.05) is 24.0 Å². The lowest BCUT2D eigenvalue weighted by molar-refractivity contribution is -0.146. The predicted octanol–water partition coefficient (Wildman–Crippen LogP) is 2.34. The van der Waals surface area contributed by atoms with Crippen LogP contribution in [0.5, 0.6) is 0 Å². The van der Waals surface area contributed by atoms with Crippen molar-refractivity contribution in [1.82, 2.24) is 9.62 Å². The molecule has 0 radical (unpaired) electrons. The number of fused-ring (bicyclic) bond motifs is 1. The second-order valence-corrected chi connectivity index (χ2v) is 10.6. The van der Waals surface area contributed by atoms with E-state index in [-0.39, 0.29) is 30.2 Å². The third-order valence-corrected chi connectivity index (χ3v) is 8.00. The van der Waals surface area contributed by atoms with Gasteiger partial charge in [-0.2, -0.15) is 4.72 Å². The highest BCUT2D eigenvalue weighted by molar-refractivity contribution is 7.89. The molecule has 3 aromatic rings. The summed E-state index contributed by atoms with van der Waals surface area (Å²) in [5.41, 5.74) is 6.72. The zero-order valence-corrected chi connectivity index (χ0v) is 20.4. The number of amidine groups is 1. The number of rotatable bonds is 8. The number of nitrogens with zero attached hydrogens (tertiary/aromatic N) is 1. The molecule has 3 aromatic carbocycles. The lowest BCUT2D eigenvalue weighted by atomic mass is 9.96. The first kappa shape index (κ1) is 25.3. The maximum absolute atomic E-state index is 13.6. The number of carbonyl (C=O) groups excluding carboxylic acids is 1. The predicted molar refractivity (Wildman–Crippen MR) is 136 cm³/mol. The van der Waals surface area contributed by atoms with Gasteiger partial charge in [0.15, 0.2) is 0 Å². The molecule has 10 heteroatoms. The maximum Gasteiger partial charge on any atom is 0.306 e. The van der Waals surface area contributed by atoms with E-state index in [1.165, 1.54) is 11.0 Å². The Hall–Kier alpha value is -3.76. The number of amides is 1. The molecule has 1 fully saturated rings. The van der Waals surface area contributed by atoms with Crippen molar-refractivity contribution in [1.29, 1.82) is 5.41 Å². The van der Waals surface area contributed by atoms with Crippen LogP contribution in [-0.4, -0.2) is 55.3 Å². The van der Waals surface area contributed by atoms with E-state index in [0.717, 1.165) is 5.39 Å². The minimum Gasteiger partial charge on any atom is -0.481 e. The molecule has 0 saturated carbocycles. The first-order valence-electron chi connectivity index (χ1n) is 11.6. The highest BCUT2D eigenvalue weighted by atomic mass is 32.2. The third kappa shape index (κ3) is 5.55. The molecular weight excluding hydrogens is 480 g/mol. The number of carboxylic acid groups (broad SMARTS) is 1.